The molecule has 0 aliphatic carbocycles. The van der Waals surface area contributed by atoms with E-state index >= 15 is 0 Å². The SMILES string of the molecule is [B][P@](=O)(OC[C@H]1O[C@@H]([n+]2cn(C)c3c(=O)[nH]c(N)nc32)[C@H](O)[C@@H]1O)OP(=O)(O)OP(=O)(O)O[P@@]([B])(=O)OC[C@H]1O[C@@H]([n+]2cn(C)c3c(=O)[nH]c(N)nc32)[C@H](O)[C@@H]1O. The number of aromatic amines is 2. The van der Waals surface area contributed by atoms with E-state index in [1.807, 2.05) is 0 Å². The highest BCUT2D eigenvalue weighted by molar-refractivity contribution is 7.85. The highest BCUT2D eigenvalue weighted by atomic mass is 31.3. The van der Waals surface area contributed by atoms with Gasteiger partial charge in [0.25, 0.3) is 38.0 Å². The molecule has 12 N–H and O–H groups in total. The molecule has 0 saturated carbocycles. The lowest BCUT2D eigenvalue weighted by Crippen LogP contribution is -2.46. The van der Waals surface area contributed by atoms with E-state index in [9.17, 15) is 58.1 Å². The Hall–Kier alpha value is -3.17. The standard InChI is InChI=1S/C22H30B2N10O19P4/c1-31-5-33(15-9(31)17(39)29-21(25)27-15)19-13(37)11(35)7(49-19)3-47-54(23,41)51-56(43,44)53-57(45,46)52-55(24,42)48-4-8-12(36)14(38)20(50-8)34-6-32(2)10-16(34)28-22(26)30-18(10)40/h5-8,11-14,19-20,35-38H,3-4H2,1-2H3,(H6-2,25,26,27,28,29,30,39,40,43,44,45,46)/p+2/t7-,8-,11-,12-,13-,14-,19-,20-,54+,55+/m1/s1. The summed E-state index contributed by atoms with van der Waals surface area (Å²) in [6.45, 7) is -2.04. The first-order chi connectivity index (χ1) is 26.3. The van der Waals surface area contributed by atoms with E-state index in [2.05, 4.69) is 32.9 Å². The molecule has 4 aromatic heterocycles. The zero-order chi connectivity index (χ0) is 42.2. The van der Waals surface area contributed by atoms with Gasteiger partial charge < -0.3 is 60.2 Å². The largest absolute Gasteiger partial charge is 0.487 e. The van der Waals surface area contributed by atoms with Crippen molar-refractivity contribution < 1.29 is 89.1 Å². The lowest BCUT2D eigenvalue weighted by atomic mass is 10.1. The maximum atomic E-state index is 12.7. The second-order valence-corrected chi connectivity index (χ2v) is 19.0. The van der Waals surface area contributed by atoms with Crippen LogP contribution >= 0.6 is 30.6 Å². The molecule has 4 aromatic rings. The molecule has 0 spiro atoms. The lowest BCUT2D eigenvalue weighted by molar-refractivity contribution is -0.746. The summed E-state index contributed by atoms with van der Waals surface area (Å²) in [7, 11) is -9.15. The summed E-state index contributed by atoms with van der Waals surface area (Å²) >= 11 is 0. The van der Waals surface area contributed by atoms with Gasteiger partial charge in [0.15, 0.2) is 12.7 Å². The van der Waals surface area contributed by atoms with E-state index in [4.69, 9.17) is 45.1 Å². The van der Waals surface area contributed by atoms with Crippen LogP contribution in [0.3, 0.4) is 0 Å². The summed E-state index contributed by atoms with van der Waals surface area (Å²) in [5.41, 5.74) is 9.83. The third-order valence-corrected chi connectivity index (χ3v) is 14.4. The number of nitrogens with zero attached hydrogens (tertiary/aromatic N) is 6. The van der Waals surface area contributed by atoms with Gasteiger partial charge in [-0.15, -0.1) is 0 Å². The molecular weight excluding hydrogens is 854 g/mol. The van der Waals surface area contributed by atoms with Gasteiger partial charge in [0.2, 0.25) is 38.6 Å². The van der Waals surface area contributed by atoms with Crippen molar-refractivity contribution in [2.24, 2.45) is 14.1 Å². The van der Waals surface area contributed by atoms with Crippen molar-refractivity contribution in [3.8, 4) is 0 Å². The molecule has 6 rings (SSSR count). The Morgan fingerprint density at radius 2 is 1.07 bits per heavy atom. The maximum absolute atomic E-state index is 12.7. The Bertz CT molecular complexity index is 2370. The van der Waals surface area contributed by atoms with Crippen LogP contribution < -0.4 is 31.7 Å². The Morgan fingerprint density at radius 1 is 0.719 bits per heavy atom. The van der Waals surface area contributed by atoms with Gasteiger partial charge in [-0.3, -0.25) is 37.8 Å². The number of hydrogen-bond acceptors (Lipinski definition) is 21. The molecule has 308 valence electrons. The van der Waals surface area contributed by atoms with E-state index < -0.39 is 104 Å². The number of H-pyrrole nitrogens is 2. The number of anilines is 2. The number of imidazole rings is 2. The number of aliphatic hydroxyl groups excluding tert-OH is 4. The minimum absolute atomic E-state index is 0.00657. The van der Waals surface area contributed by atoms with E-state index in [1.54, 1.807) is 0 Å². The number of aryl methyl sites for hydroxylation is 2. The van der Waals surface area contributed by atoms with Gasteiger partial charge in [-0.25, -0.2) is 26.9 Å². The Balaban J connectivity index is 1.04. The Morgan fingerprint density at radius 3 is 1.42 bits per heavy atom. The van der Waals surface area contributed by atoms with Crippen LogP contribution in [0.4, 0.5) is 11.9 Å². The zero-order valence-electron chi connectivity index (χ0n) is 29.0. The quantitative estimate of drug-likeness (QED) is 0.0323. The topological polar surface area (TPSA) is 415 Å². The summed E-state index contributed by atoms with van der Waals surface area (Å²) in [5, 5.41) is 42.4. The number of phosphoric acid groups is 2. The van der Waals surface area contributed by atoms with Crippen LogP contribution in [-0.2, 0) is 63.8 Å². The molecule has 12 atom stereocenters. The fraction of sp³-hybridized carbons (Fsp3) is 0.545. The third-order valence-electron chi connectivity index (χ3n) is 8.28. The number of aromatic nitrogens is 8. The average molecular weight is 886 g/mol. The van der Waals surface area contributed by atoms with Crippen molar-refractivity contribution in [1.82, 2.24) is 29.1 Å². The molecule has 0 aromatic carbocycles. The normalized spacial score (nSPS) is 29.6. The summed E-state index contributed by atoms with van der Waals surface area (Å²) in [4.78, 5) is 57.3. The van der Waals surface area contributed by atoms with Gasteiger partial charge in [0.05, 0.1) is 27.3 Å². The molecule has 0 bridgehead atoms. The second-order valence-electron chi connectivity index (χ2n) is 12.5. The summed E-state index contributed by atoms with van der Waals surface area (Å²) in [5.74, 6) is -0.569. The van der Waals surface area contributed by atoms with Crippen molar-refractivity contribution in [2.45, 2.75) is 49.1 Å². The maximum Gasteiger partial charge on any atom is 0.487 e. The molecule has 29 nitrogen and oxygen atoms in total. The predicted octanol–water partition coefficient (Wildman–Crippen LogP) is -4.65. The summed E-state index contributed by atoms with van der Waals surface area (Å²) in [6.07, 6.45) is -10.6. The number of fused-ring (bicyclic) bond motifs is 2. The average Bonchev–Trinajstić information content (AvgIpc) is 3.74. The van der Waals surface area contributed by atoms with Crippen LogP contribution in [0.2, 0.25) is 0 Å². The first kappa shape index (κ1) is 43.4. The highest BCUT2D eigenvalue weighted by Crippen LogP contribution is 2.71. The van der Waals surface area contributed by atoms with Crippen molar-refractivity contribution in [3.63, 3.8) is 0 Å². The molecule has 4 radical (unpaired) electrons. The van der Waals surface area contributed by atoms with Gasteiger partial charge in [-0.1, -0.05) is 9.97 Å². The van der Waals surface area contributed by atoms with Gasteiger partial charge in [0, 0.05) is 0 Å². The predicted molar refractivity (Wildman–Crippen MR) is 185 cm³/mol. The third kappa shape index (κ3) is 9.05. The van der Waals surface area contributed by atoms with E-state index in [0.29, 0.717) is 0 Å². The molecule has 35 heteroatoms. The number of ether oxygens (including phenoxy) is 2. The smallest absolute Gasteiger partial charge is 0.387 e. The van der Waals surface area contributed by atoms with E-state index in [1.165, 1.54) is 35.9 Å². The van der Waals surface area contributed by atoms with Crippen LogP contribution in [0.25, 0.3) is 22.3 Å². The summed E-state index contributed by atoms with van der Waals surface area (Å²) in [6, 6.07) is 0. The van der Waals surface area contributed by atoms with Crippen LogP contribution in [0, 0.1) is 0 Å². The highest BCUT2D eigenvalue weighted by Gasteiger charge is 2.50. The Kier molecular flexibility index (Phi) is 11.8. The number of aliphatic hydroxyl groups is 4. The molecule has 2 aliphatic rings. The second kappa shape index (κ2) is 15.5. The number of nitrogen functional groups attached to an aromatic ring is 2. The van der Waals surface area contributed by atoms with Crippen molar-refractivity contribution >= 4 is 79.9 Å². The fourth-order valence-electron chi connectivity index (χ4n) is 5.95. The molecular formula is C22H32B2N10O19P4+2. The van der Waals surface area contributed by atoms with Crippen molar-refractivity contribution in [1.29, 1.82) is 0 Å². The number of rotatable bonds is 14. The molecule has 0 amide bonds. The van der Waals surface area contributed by atoms with Crippen molar-refractivity contribution in [2.75, 3.05) is 24.7 Å². The fourth-order valence-corrected chi connectivity index (χ4v) is 11.2. The minimum atomic E-state index is -6.07. The molecule has 2 aliphatic heterocycles. The lowest BCUT2D eigenvalue weighted by Gasteiger charge is -2.23. The van der Waals surface area contributed by atoms with E-state index in [0.717, 1.165) is 9.13 Å². The molecule has 2 unspecified atom stereocenters. The molecule has 6 heterocycles. The van der Waals surface area contributed by atoms with Gasteiger partial charge in [-0.05, 0) is 0 Å². The van der Waals surface area contributed by atoms with E-state index in [-0.39, 0.29) is 34.2 Å². The first-order valence-corrected chi connectivity index (χ1v) is 21.9. The first-order valence-electron chi connectivity index (χ1n) is 15.7. The van der Waals surface area contributed by atoms with Gasteiger partial charge in [0.1, 0.15) is 36.6 Å². The van der Waals surface area contributed by atoms with Crippen LogP contribution in [-0.4, -0.2) is 124 Å². The molecule has 57 heavy (non-hydrogen) atoms. The molecule has 2 saturated heterocycles. The van der Waals surface area contributed by atoms with Crippen LogP contribution in [0.15, 0.2) is 22.2 Å². The summed E-state index contributed by atoms with van der Waals surface area (Å²) < 4.78 is 88.5. The monoisotopic (exact) mass is 886 g/mol. The minimum Gasteiger partial charge on any atom is -0.387 e. The molecule has 2 fully saturated rings. The Labute approximate surface area is 319 Å². The number of nitrogens with two attached hydrogens (primary N) is 2. The van der Waals surface area contributed by atoms with Crippen LogP contribution in [0.5, 0.6) is 0 Å². The number of hydrogen-bond donors (Lipinski definition) is 10. The van der Waals surface area contributed by atoms with Crippen LogP contribution in [0.1, 0.15) is 12.5 Å². The van der Waals surface area contributed by atoms with Crippen molar-refractivity contribution in [3.05, 3.63) is 33.4 Å². The zero-order valence-corrected chi connectivity index (χ0v) is 32.5. The van der Waals surface area contributed by atoms with Gasteiger partial charge >= 0.3 is 26.9 Å². The number of nitrogens with one attached hydrogen (secondary N) is 2. The van der Waals surface area contributed by atoms with Gasteiger partial charge in [-0.2, -0.15) is 4.31 Å².